The zero-order chi connectivity index (χ0) is 23.1. The van der Waals surface area contributed by atoms with Gasteiger partial charge in [0, 0.05) is 58.3 Å². The molecule has 1 aliphatic rings. The summed E-state index contributed by atoms with van der Waals surface area (Å²) in [6, 6.07) is 16.2. The average Bonchev–Trinajstić information content (AvgIpc) is 2.80. The van der Waals surface area contributed by atoms with Crippen molar-refractivity contribution in [3.63, 3.8) is 0 Å². The van der Waals surface area contributed by atoms with Crippen LogP contribution in [0.5, 0.6) is 0 Å². The lowest BCUT2D eigenvalue weighted by Gasteiger charge is -2.35. The quantitative estimate of drug-likeness (QED) is 0.541. The predicted octanol–water partition coefficient (Wildman–Crippen LogP) is 2.63. The minimum atomic E-state index is -3.65. The molecule has 8 heteroatoms. The number of nitrogens with zero attached hydrogens (tertiary/aromatic N) is 3. The van der Waals surface area contributed by atoms with Gasteiger partial charge in [-0.15, -0.1) is 0 Å². The number of ketones is 1. The van der Waals surface area contributed by atoms with Crippen molar-refractivity contribution >= 4 is 21.7 Å². The molecule has 0 aliphatic carbocycles. The molecule has 3 rings (SSSR count). The summed E-state index contributed by atoms with van der Waals surface area (Å²) in [7, 11) is -2.14. The number of amides is 1. The third-order valence-corrected chi connectivity index (χ3v) is 7.68. The van der Waals surface area contributed by atoms with E-state index in [1.54, 1.807) is 0 Å². The first-order valence-electron chi connectivity index (χ1n) is 10.9. The molecule has 0 atom stereocenters. The molecule has 1 fully saturated rings. The Hall–Kier alpha value is -2.55. The summed E-state index contributed by atoms with van der Waals surface area (Å²) >= 11 is 0. The molecule has 1 aliphatic heterocycles. The number of hydrogen-bond donors (Lipinski definition) is 0. The molecule has 0 radical (unpaired) electrons. The van der Waals surface area contributed by atoms with E-state index in [0.717, 1.165) is 19.6 Å². The van der Waals surface area contributed by atoms with Crippen LogP contribution < -0.4 is 0 Å². The van der Waals surface area contributed by atoms with Crippen LogP contribution in [0.4, 0.5) is 0 Å². The van der Waals surface area contributed by atoms with Gasteiger partial charge in [-0.25, -0.2) is 12.7 Å². The van der Waals surface area contributed by atoms with E-state index in [-0.39, 0.29) is 23.1 Å². The van der Waals surface area contributed by atoms with Gasteiger partial charge in [0.2, 0.25) is 15.9 Å². The molecule has 1 saturated heterocycles. The summed E-state index contributed by atoms with van der Waals surface area (Å²) in [6.07, 6.45) is 0.784. The van der Waals surface area contributed by atoms with Crippen LogP contribution in [0.25, 0.3) is 0 Å². The number of piperazine rings is 1. The van der Waals surface area contributed by atoms with Gasteiger partial charge in [0.1, 0.15) is 0 Å². The van der Waals surface area contributed by atoms with Gasteiger partial charge in [-0.05, 0) is 31.0 Å². The molecule has 1 heterocycles. The van der Waals surface area contributed by atoms with Gasteiger partial charge < -0.3 is 4.90 Å². The SMILES string of the molecule is CC(=O)c1ccc(S(=O)(=O)N(C)CCCC(=O)N2CCN(Cc3ccccc3)CC2)cc1. The molecule has 0 saturated carbocycles. The number of rotatable bonds is 9. The first kappa shape index (κ1) is 24.1. The second kappa shape index (κ2) is 10.8. The summed E-state index contributed by atoms with van der Waals surface area (Å²) < 4.78 is 26.7. The van der Waals surface area contributed by atoms with Gasteiger partial charge in [-0.1, -0.05) is 42.5 Å². The van der Waals surface area contributed by atoms with E-state index in [1.165, 1.54) is 48.1 Å². The monoisotopic (exact) mass is 457 g/mol. The van der Waals surface area contributed by atoms with Crippen LogP contribution in [-0.4, -0.2) is 74.0 Å². The number of sulfonamides is 1. The van der Waals surface area contributed by atoms with E-state index in [2.05, 4.69) is 17.0 Å². The van der Waals surface area contributed by atoms with Gasteiger partial charge in [-0.2, -0.15) is 0 Å². The van der Waals surface area contributed by atoms with Crippen molar-refractivity contribution < 1.29 is 18.0 Å². The van der Waals surface area contributed by atoms with Crippen molar-refractivity contribution in [3.8, 4) is 0 Å². The van der Waals surface area contributed by atoms with Crippen LogP contribution in [0, 0.1) is 0 Å². The van der Waals surface area contributed by atoms with E-state index in [0.29, 0.717) is 31.5 Å². The number of hydrogen-bond acceptors (Lipinski definition) is 5. The van der Waals surface area contributed by atoms with Crippen LogP contribution in [0.3, 0.4) is 0 Å². The third-order valence-electron chi connectivity index (χ3n) is 5.81. The number of carbonyl (C=O) groups is 2. The maximum atomic E-state index is 12.7. The number of benzene rings is 2. The highest BCUT2D eigenvalue weighted by Gasteiger charge is 2.23. The topological polar surface area (TPSA) is 78.0 Å². The fourth-order valence-corrected chi connectivity index (χ4v) is 4.98. The fraction of sp³-hybridized carbons (Fsp3) is 0.417. The van der Waals surface area contributed by atoms with E-state index >= 15 is 0 Å². The molecule has 7 nitrogen and oxygen atoms in total. The van der Waals surface area contributed by atoms with Crippen molar-refractivity contribution in [2.24, 2.45) is 0 Å². The number of carbonyl (C=O) groups excluding carboxylic acids is 2. The summed E-state index contributed by atoms with van der Waals surface area (Å²) in [5.74, 6) is -0.0392. The second-order valence-electron chi connectivity index (χ2n) is 8.15. The second-order valence-corrected chi connectivity index (χ2v) is 10.2. The normalized spacial score (nSPS) is 15.2. The predicted molar refractivity (Wildman–Crippen MR) is 124 cm³/mol. The molecule has 0 aromatic heterocycles. The first-order valence-corrected chi connectivity index (χ1v) is 12.3. The highest BCUT2D eigenvalue weighted by atomic mass is 32.2. The highest BCUT2D eigenvalue weighted by Crippen LogP contribution is 2.17. The zero-order valence-corrected chi connectivity index (χ0v) is 19.6. The van der Waals surface area contributed by atoms with Crippen LogP contribution in [0.2, 0.25) is 0 Å². The Morgan fingerprint density at radius 2 is 1.56 bits per heavy atom. The molecule has 2 aromatic rings. The Morgan fingerprint density at radius 3 is 2.16 bits per heavy atom. The Bertz CT molecular complexity index is 1010. The summed E-state index contributed by atoms with van der Waals surface area (Å²) in [5.41, 5.74) is 1.74. The van der Waals surface area contributed by atoms with E-state index in [4.69, 9.17) is 0 Å². The molecule has 32 heavy (non-hydrogen) atoms. The summed E-state index contributed by atoms with van der Waals surface area (Å²) in [4.78, 5) is 28.3. The summed E-state index contributed by atoms with van der Waals surface area (Å²) in [6.45, 7) is 5.66. The van der Waals surface area contributed by atoms with Gasteiger partial charge in [0.15, 0.2) is 5.78 Å². The number of Topliss-reactive ketones (excluding diaryl/α,β-unsaturated/α-hetero) is 1. The smallest absolute Gasteiger partial charge is 0.242 e. The Morgan fingerprint density at radius 1 is 0.938 bits per heavy atom. The third kappa shape index (κ3) is 6.25. The lowest BCUT2D eigenvalue weighted by molar-refractivity contribution is -0.133. The van der Waals surface area contributed by atoms with Crippen LogP contribution in [0.1, 0.15) is 35.7 Å². The summed E-state index contributed by atoms with van der Waals surface area (Å²) in [5, 5.41) is 0. The molecule has 0 unspecified atom stereocenters. The van der Waals surface area contributed by atoms with Crippen molar-refractivity contribution in [2.75, 3.05) is 39.8 Å². The Labute approximate surface area is 190 Å². The maximum Gasteiger partial charge on any atom is 0.242 e. The van der Waals surface area contributed by atoms with Gasteiger partial charge >= 0.3 is 0 Å². The molecule has 0 bridgehead atoms. The van der Waals surface area contributed by atoms with Gasteiger partial charge in [0.05, 0.1) is 4.90 Å². The molecular formula is C24H31N3O4S. The molecule has 0 spiro atoms. The van der Waals surface area contributed by atoms with Crippen molar-refractivity contribution in [1.82, 2.24) is 14.1 Å². The van der Waals surface area contributed by atoms with E-state index < -0.39 is 10.0 Å². The minimum absolute atomic E-state index is 0.0703. The highest BCUT2D eigenvalue weighted by molar-refractivity contribution is 7.89. The Balaban J connectivity index is 1.42. The van der Waals surface area contributed by atoms with Crippen molar-refractivity contribution in [2.45, 2.75) is 31.2 Å². The first-order chi connectivity index (χ1) is 15.3. The molecule has 0 N–H and O–H groups in total. The van der Waals surface area contributed by atoms with Crippen molar-refractivity contribution in [3.05, 3.63) is 65.7 Å². The Kier molecular flexibility index (Phi) is 8.17. The lowest BCUT2D eigenvalue weighted by Crippen LogP contribution is -2.48. The van der Waals surface area contributed by atoms with Crippen molar-refractivity contribution in [1.29, 1.82) is 0 Å². The van der Waals surface area contributed by atoms with Gasteiger partial charge in [-0.3, -0.25) is 14.5 Å². The van der Waals surface area contributed by atoms with E-state index in [9.17, 15) is 18.0 Å². The minimum Gasteiger partial charge on any atom is -0.340 e. The standard InChI is InChI=1S/C24H31N3O4S/c1-20(28)22-10-12-23(13-11-22)32(30,31)25(2)14-6-9-24(29)27-17-15-26(16-18-27)19-21-7-4-3-5-8-21/h3-5,7-8,10-13H,6,9,14-19H2,1-2H3. The van der Waals surface area contributed by atoms with Crippen LogP contribution >= 0.6 is 0 Å². The van der Waals surface area contributed by atoms with Crippen LogP contribution in [-0.2, 0) is 21.4 Å². The molecule has 2 aromatic carbocycles. The molecular weight excluding hydrogens is 426 g/mol. The molecule has 1 amide bonds. The van der Waals surface area contributed by atoms with Crippen LogP contribution in [0.15, 0.2) is 59.5 Å². The average molecular weight is 458 g/mol. The molecule has 172 valence electrons. The van der Waals surface area contributed by atoms with E-state index in [1.807, 2.05) is 23.1 Å². The fourth-order valence-electron chi connectivity index (χ4n) is 3.77. The largest absolute Gasteiger partial charge is 0.340 e. The van der Waals surface area contributed by atoms with Gasteiger partial charge in [0.25, 0.3) is 0 Å². The lowest BCUT2D eigenvalue weighted by atomic mass is 10.2. The zero-order valence-electron chi connectivity index (χ0n) is 18.7. The maximum absolute atomic E-state index is 12.7.